The molecule has 0 amide bonds. The number of hydrogen-bond acceptors (Lipinski definition) is 6. The van der Waals surface area contributed by atoms with Gasteiger partial charge in [-0.25, -0.2) is 4.98 Å². The van der Waals surface area contributed by atoms with Crippen molar-refractivity contribution in [3.8, 4) is 9.88 Å². The summed E-state index contributed by atoms with van der Waals surface area (Å²) in [5, 5.41) is 17.7. The number of thiophene rings is 1. The number of aromatic amines is 1. The molecule has 0 spiro atoms. The average molecular weight is 421 g/mol. The van der Waals surface area contributed by atoms with Crippen LogP contribution in [0.2, 0.25) is 0 Å². The largest absolute Gasteiger partial charge is 0.384 e. The monoisotopic (exact) mass is 420 g/mol. The Morgan fingerprint density at radius 1 is 1.14 bits per heavy atom. The quantitative estimate of drug-likeness (QED) is 0.324. The highest BCUT2D eigenvalue weighted by atomic mass is 32.1. The van der Waals surface area contributed by atoms with Crippen LogP contribution < -0.4 is 5.32 Å². The molecule has 0 aliphatic heterocycles. The number of nitrogens with one attached hydrogen (secondary N) is 2. The van der Waals surface area contributed by atoms with Crippen LogP contribution in [0.3, 0.4) is 0 Å². The lowest BCUT2D eigenvalue weighted by Crippen LogP contribution is -2.15. The average Bonchev–Trinajstić information content (AvgIpc) is 3.37. The third-order valence-corrected chi connectivity index (χ3v) is 6.96. The molecule has 5 rings (SSSR count). The Kier molecular flexibility index (Phi) is 4.20. The molecule has 0 radical (unpaired) electrons. The summed E-state index contributed by atoms with van der Waals surface area (Å²) in [4.78, 5) is 13.6. The van der Waals surface area contributed by atoms with Crippen LogP contribution in [0.4, 0.5) is 11.4 Å². The van der Waals surface area contributed by atoms with Gasteiger partial charge < -0.3 is 15.4 Å². The summed E-state index contributed by atoms with van der Waals surface area (Å²) in [5.41, 5.74) is 5.04. The topological polar surface area (TPSA) is 73.8 Å². The Morgan fingerprint density at radius 3 is 2.79 bits per heavy atom. The van der Waals surface area contributed by atoms with Crippen molar-refractivity contribution in [3.05, 3.63) is 59.4 Å². The fourth-order valence-corrected chi connectivity index (χ4v) is 5.45. The molecule has 0 saturated carbocycles. The zero-order chi connectivity index (χ0) is 20.2. The lowest BCUT2D eigenvalue weighted by atomic mass is 10.1. The van der Waals surface area contributed by atoms with E-state index in [1.807, 2.05) is 17.6 Å². The van der Waals surface area contributed by atoms with Crippen LogP contribution >= 0.6 is 22.7 Å². The molecule has 3 N–H and O–H groups in total. The highest BCUT2D eigenvalue weighted by Crippen LogP contribution is 2.39. The molecular formula is C22H20N4OS2. The number of rotatable bonds is 4. The smallest absolute Gasteiger partial charge is 0.133 e. The van der Waals surface area contributed by atoms with Gasteiger partial charge in [0.1, 0.15) is 10.6 Å². The Bertz CT molecular complexity index is 1340. The van der Waals surface area contributed by atoms with Crippen molar-refractivity contribution in [2.75, 3.05) is 5.32 Å². The maximum atomic E-state index is 10.2. The van der Waals surface area contributed by atoms with E-state index in [2.05, 4.69) is 57.5 Å². The van der Waals surface area contributed by atoms with E-state index in [0.29, 0.717) is 5.69 Å². The first-order chi connectivity index (χ1) is 13.9. The van der Waals surface area contributed by atoms with E-state index in [4.69, 9.17) is 0 Å². The minimum Gasteiger partial charge on any atom is -0.384 e. The Hall–Kier alpha value is -2.74. The number of aromatic nitrogens is 3. The van der Waals surface area contributed by atoms with Crippen molar-refractivity contribution in [2.45, 2.75) is 26.4 Å². The predicted octanol–water partition coefficient (Wildman–Crippen LogP) is 6.18. The van der Waals surface area contributed by atoms with Crippen LogP contribution in [0.25, 0.3) is 31.0 Å². The van der Waals surface area contributed by atoms with Crippen LogP contribution in [0.15, 0.2) is 48.0 Å². The number of benzene rings is 1. The molecule has 0 aliphatic rings. The Balaban J connectivity index is 1.52. The molecule has 0 fully saturated rings. The van der Waals surface area contributed by atoms with Gasteiger partial charge in [0.05, 0.1) is 26.5 Å². The van der Waals surface area contributed by atoms with Crippen LogP contribution in [0, 0.1) is 6.92 Å². The molecule has 4 aromatic heterocycles. The van der Waals surface area contributed by atoms with E-state index in [1.54, 1.807) is 36.5 Å². The minimum atomic E-state index is -0.939. The predicted molar refractivity (Wildman–Crippen MR) is 122 cm³/mol. The molecule has 29 heavy (non-hydrogen) atoms. The summed E-state index contributed by atoms with van der Waals surface area (Å²) < 4.78 is 1.09. The first-order valence-electron chi connectivity index (χ1n) is 9.30. The highest BCUT2D eigenvalue weighted by molar-refractivity contribution is 7.25. The van der Waals surface area contributed by atoms with E-state index in [1.165, 1.54) is 5.39 Å². The lowest BCUT2D eigenvalue weighted by Gasteiger charge is -2.12. The number of H-pyrrole nitrogens is 1. The molecule has 7 heteroatoms. The Morgan fingerprint density at radius 2 is 2.00 bits per heavy atom. The molecular weight excluding hydrogens is 400 g/mol. The summed E-state index contributed by atoms with van der Waals surface area (Å²) in [6.07, 6.45) is 1.82. The summed E-state index contributed by atoms with van der Waals surface area (Å²) in [6, 6.07) is 12.5. The van der Waals surface area contributed by atoms with Gasteiger partial charge in [0, 0.05) is 33.9 Å². The van der Waals surface area contributed by atoms with E-state index in [0.717, 1.165) is 42.7 Å². The summed E-state index contributed by atoms with van der Waals surface area (Å²) in [5.74, 6) is 0. The first kappa shape index (κ1) is 18.3. The number of aliphatic hydroxyl groups is 1. The second-order valence-corrected chi connectivity index (χ2v) is 9.57. The summed E-state index contributed by atoms with van der Waals surface area (Å²) in [7, 11) is 0. The molecule has 0 saturated heterocycles. The van der Waals surface area contributed by atoms with Crippen LogP contribution in [0.5, 0.6) is 0 Å². The number of pyridine rings is 1. The third-order valence-electron chi connectivity index (χ3n) is 4.79. The molecule has 0 atom stereocenters. The van der Waals surface area contributed by atoms with Gasteiger partial charge in [-0.1, -0.05) is 0 Å². The van der Waals surface area contributed by atoms with Gasteiger partial charge in [-0.05, 0) is 57.2 Å². The maximum absolute atomic E-state index is 10.2. The molecule has 5 nitrogen and oxygen atoms in total. The molecule has 0 aliphatic carbocycles. The Labute approximate surface area is 176 Å². The fourth-order valence-electron chi connectivity index (χ4n) is 3.32. The standard InChI is InChI=1S/C22H20N4OS2/c1-12-8-13-9-14(4-5-15(13)24-12)25-16-6-7-23-17-10-18(29-20(16)17)21-26-19(11-28-21)22(2,3)27/h4-11,24,27H,1-3H3,(H,23,25). The summed E-state index contributed by atoms with van der Waals surface area (Å²) in [6.45, 7) is 5.57. The zero-order valence-electron chi connectivity index (χ0n) is 16.3. The fraction of sp³-hybridized carbons (Fsp3) is 0.182. The molecule has 1 aromatic carbocycles. The van der Waals surface area contributed by atoms with Gasteiger partial charge >= 0.3 is 0 Å². The number of anilines is 2. The van der Waals surface area contributed by atoms with E-state index in [9.17, 15) is 5.11 Å². The van der Waals surface area contributed by atoms with Crippen LogP contribution in [-0.4, -0.2) is 20.1 Å². The van der Waals surface area contributed by atoms with E-state index < -0.39 is 5.60 Å². The van der Waals surface area contributed by atoms with Gasteiger partial charge in [0.15, 0.2) is 0 Å². The van der Waals surface area contributed by atoms with E-state index in [-0.39, 0.29) is 0 Å². The van der Waals surface area contributed by atoms with Gasteiger partial charge in [0.2, 0.25) is 0 Å². The van der Waals surface area contributed by atoms with Gasteiger partial charge in [-0.15, -0.1) is 22.7 Å². The van der Waals surface area contributed by atoms with Crippen molar-refractivity contribution in [1.29, 1.82) is 0 Å². The van der Waals surface area contributed by atoms with Gasteiger partial charge in [-0.2, -0.15) is 0 Å². The third kappa shape index (κ3) is 3.42. The van der Waals surface area contributed by atoms with Crippen molar-refractivity contribution in [1.82, 2.24) is 15.0 Å². The number of thiazole rings is 1. The number of aryl methyl sites for hydroxylation is 1. The summed E-state index contributed by atoms with van der Waals surface area (Å²) >= 11 is 3.21. The normalized spacial score (nSPS) is 12.1. The van der Waals surface area contributed by atoms with Crippen molar-refractivity contribution in [3.63, 3.8) is 0 Å². The molecule has 0 bridgehead atoms. The number of fused-ring (bicyclic) bond motifs is 2. The molecule has 146 valence electrons. The van der Waals surface area contributed by atoms with Crippen molar-refractivity contribution >= 4 is 55.2 Å². The second kappa shape index (κ2) is 6.66. The number of hydrogen-bond donors (Lipinski definition) is 3. The highest BCUT2D eigenvalue weighted by Gasteiger charge is 2.21. The molecule has 5 aromatic rings. The molecule has 0 unspecified atom stereocenters. The lowest BCUT2D eigenvalue weighted by molar-refractivity contribution is 0.0746. The molecule has 4 heterocycles. The van der Waals surface area contributed by atoms with E-state index >= 15 is 0 Å². The minimum absolute atomic E-state index is 0.691. The van der Waals surface area contributed by atoms with Gasteiger partial charge in [-0.3, -0.25) is 4.98 Å². The van der Waals surface area contributed by atoms with Crippen LogP contribution in [0.1, 0.15) is 25.2 Å². The van der Waals surface area contributed by atoms with Crippen molar-refractivity contribution in [2.24, 2.45) is 0 Å². The van der Waals surface area contributed by atoms with Gasteiger partial charge in [0.25, 0.3) is 0 Å². The number of nitrogens with zero attached hydrogens (tertiary/aromatic N) is 2. The van der Waals surface area contributed by atoms with Crippen LogP contribution in [-0.2, 0) is 5.60 Å². The van der Waals surface area contributed by atoms with Crippen molar-refractivity contribution < 1.29 is 5.11 Å². The maximum Gasteiger partial charge on any atom is 0.133 e. The zero-order valence-corrected chi connectivity index (χ0v) is 17.9. The first-order valence-corrected chi connectivity index (χ1v) is 11.0. The SMILES string of the molecule is Cc1cc2cc(Nc3ccnc4cc(-c5nc(C(C)(C)O)cs5)sc34)ccc2[nH]1. The second-order valence-electron chi connectivity index (χ2n) is 7.66.